The number of hydrogen-bond acceptors (Lipinski definition) is 6. The second kappa shape index (κ2) is 8.49. The molecule has 0 aromatic heterocycles. The van der Waals surface area contributed by atoms with E-state index in [1.54, 1.807) is 0 Å². The SMILES string of the molecule is S=C1NCN(C[C@H]2CCCO2)CN1N1CN(C[C@@H]2CCCO2)CNC1=S. The number of hydrazine groups is 1. The number of ether oxygens (including phenoxy) is 2. The molecule has 0 aromatic carbocycles. The lowest BCUT2D eigenvalue weighted by atomic mass is 10.2. The lowest BCUT2D eigenvalue weighted by molar-refractivity contribution is -0.0383. The van der Waals surface area contributed by atoms with E-state index in [1.807, 2.05) is 0 Å². The summed E-state index contributed by atoms with van der Waals surface area (Å²) < 4.78 is 11.6. The van der Waals surface area contributed by atoms with E-state index in [9.17, 15) is 0 Å². The van der Waals surface area contributed by atoms with E-state index < -0.39 is 0 Å². The zero-order valence-electron chi connectivity index (χ0n) is 15.1. The summed E-state index contributed by atoms with van der Waals surface area (Å²) in [5, 5.41) is 12.2. The van der Waals surface area contributed by atoms with Crippen LogP contribution in [0.3, 0.4) is 0 Å². The van der Waals surface area contributed by atoms with Crippen molar-refractivity contribution in [3.8, 4) is 0 Å². The van der Waals surface area contributed by atoms with Crippen LogP contribution in [0.15, 0.2) is 0 Å². The number of thiocarbonyl (C=S) groups is 2. The molecule has 0 amide bonds. The Bertz CT molecular complexity index is 481. The van der Waals surface area contributed by atoms with Gasteiger partial charge in [0.15, 0.2) is 10.2 Å². The first-order chi connectivity index (χ1) is 12.7. The van der Waals surface area contributed by atoms with Crippen molar-refractivity contribution in [3.63, 3.8) is 0 Å². The molecule has 0 aromatic rings. The molecular formula is C16H28N6O2S2. The fraction of sp³-hybridized carbons (Fsp3) is 0.875. The molecule has 0 spiro atoms. The summed E-state index contributed by atoms with van der Waals surface area (Å²) in [6.07, 6.45) is 5.25. The molecule has 0 radical (unpaired) electrons. The zero-order valence-corrected chi connectivity index (χ0v) is 16.7. The average molecular weight is 401 g/mol. The maximum atomic E-state index is 5.78. The average Bonchev–Trinajstić information content (AvgIpc) is 3.33. The Labute approximate surface area is 165 Å². The van der Waals surface area contributed by atoms with Crippen LogP contribution in [0.2, 0.25) is 0 Å². The summed E-state index contributed by atoms with van der Waals surface area (Å²) in [4.78, 5) is 4.65. The van der Waals surface area contributed by atoms with E-state index in [0.29, 0.717) is 12.2 Å². The summed E-state index contributed by atoms with van der Waals surface area (Å²) in [7, 11) is 0. The molecule has 10 heteroatoms. The van der Waals surface area contributed by atoms with Gasteiger partial charge in [-0.2, -0.15) is 0 Å². The molecule has 4 saturated heterocycles. The first-order valence-corrected chi connectivity index (χ1v) is 10.3. The Hall–Kier alpha value is -0.780. The fourth-order valence-electron chi connectivity index (χ4n) is 3.92. The van der Waals surface area contributed by atoms with Crippen LogP contribution in [-0.2, 0) is 9.47 Å². The third kappa shape index (κ3) is 4.37. The van der Waals surface area contributed by atoms with E-state index in [-0.39, 0.29) is 0 Å². The second-order valence-corrected chi connectivity index (χ2v) is 8.11. The minimum atomic E-state index is 0.327. The third-order valence-corrected chi connectivity index (χ3v) is 6.02. The van der Waals surface area contributed by atoms with Crippen LogP contribution in [0, 0.1) is 0 Å². The van der Waals surface area contributed by atoms with Crippen LogP contribution in [0.1, 0.15) is 25.7 Å². The molecule has 4 heterocycles. The molecule has 0 saturated carbocycles. The van der Waals surface area contributed by atoms with Gasteiger partial charge >= 0.3 is 0 Å². The van der Waals surface area contributed by atoms with Gasteiger partial charge in [-0.05, 0) is 50.1 Å². The molecule has 0 bridgehead atoms. The molecule has 26 heavy (non-hydrogen) atoms. The van der Waals surface area contributed by atoms with Crippen LogP contribution in [0.4, 0.5) is 0 Å². The van der Waals surface area contributed by atoms with Gasteiger partial charge in [0.1, 0.15) is 0 Å². The van der Waals surface area contributed by atoms with Crippen molar-refractivity contribution >= 4 is 34.7 Å². The van der Waals surface area contributed by atoms with E-state index in [2.05, 4.69) is 30.5 Å². The van der Waals surface area contributed by atoms with Crippen molar-refractivity contribution in [2.24, 2.45) is 0 Å². The van der Waals surface area contributed by atoms with Gasteiger partial charge < -0.3 is 20.1 Å². The predicted octanol–water partition coefficient (Wildman–Crippen LogP) is 0.0736. The Morgan fingerprint density at radius 3 is 1.65 bits per heavy atom. The van der Waals surface area contributed by atoms with E-state index in [1.165, 1.54) is 0 Å². The smallest absolute Gasteiger partial charge is 0.190 e. The van der Waals surface area contributed by atoms with Gasteiger partial charge in [0.05, 0.1) is 38.9 Å². The molecule has 2 atom stereocenters. The second-order valence-electron chi connectivity index (χ2n) is 7.34. The van der Waals surface area contributed by atoms with Gasteiger partial charge in [-0.15, -0.1) is 0 Å². The van der Waals surface area contributed by atoms with Crippen LogP contribution in [0.25, 0.3) is 0 Å². The Kier molecular flexibility index (Phi) is 6.07. The maximum absolute atomic E-state index is 5.78. The normalized spacial score (nSPS) is 31.4. The summed E-state index contributed by atoms with van der Waals surface area (Å²) in [5.41, 5.74) is 0. The van der Waals surface area contributed by atoms with Crippen molar-refractivity contribution in [2.45, 2.75) is 37.9 Å². The first kappa shape index (κ1) is 18.6. The van der Waals surface area contributed by atoms with E-state index in [4.69, 9.17) is 33.9 Å². The van der Waals surface area contributed by atoms with Gasteiger partial charge in [-0.25, -0.2) is 10.0 Å². The Morgan fingerprint density at radius 1 is 0.808 bits per heavy atom. The number of nitrogens with zero attached hydrogens (tertiary/aromatic N) is 4. The largest absolute Gasteiger partial charge is 0.377 e. The fourth-order valence-corrected chi connectivity index (χ4v) is 4.36. The van der Waals surface area contributed by atoms with Crippen molar-refractivity contribution < 1.29 is 9.47 Å². The molecule has 4 rings (SSSR count). The molecule has 4 aliphatic heterocycles. The summed E-state index contributed by atoms with van der Waals surface area (Å²) in [5.74, 6) is 0. The number of rotatable bonds is 5. The van der Waals surface area contributed by atoms with Gasteiger partial charge in [0, 0.05) is 26.3 Å². The minimum absolute atomic E-state index is 0.327. The Morgan fingerprint density at radius 2 is 1.27 bits per heavy atom. The van der Waals surface area contributed by atoms with Gasteiger partial charge in [-0.3, -0.25) is 9.80 Å². The van der Waals surface area contributed by atoms with Crippen LogP contribution >= 0.6 is 24.4 Å². The van der Waals surface area contributed by atoms with Crippen LogP contribution in [-0.4, -0.2) is 95.2 Å². The van der Waals surface area contributed by atoms with Crippen molar-refractivity contribution in [1.29, 1.82) is 0 Å². The highest BCUT2D eigenvalue weighted by Gasteiger charge is 2.33. The molecule has 4 aliphatic rings. The first-order valence-electron chi connectivity index (χ1n) is 9.47. The summed E-state index contributed by atoms with van der Waals surface area (Å²) in [6.45, 7) is 6.55. The molecule has 8 nitrogen and oxygen atoms in total. The monoisotopic (exact) mass is 400 g/mol. The zero-order chi connectivity index (χ0) is 17.9. The third-order valence-electron chi connectivity index (χ3n) is 5.31. The van der Waals surface area contributed by atoms with Crippen molar-refractivity contribution in [2.75, 3.05) is 53.0 Å². The maximum Gasteiger partial charge on any atom is 0.190 e. The molecule has 0 unspecified atom stereocenters. The molecule has 4 fully saturated rings. The van der Waals surface area contributed by atoms with Gasteiger partial charge in [0.25, 0.3) is 0 Å². The summed E-state index contributed by atoms with van der Waals surface area (Å²) >= 11 is 11.1. The molecule has 0 aliphatic carbocycles. The Balaban J connectivity index is 1.36. The number of nitrogens with one attached hydrogen (secondary N) is 2. The van der Waals surface area contributed by atoms with E-state index in [0.717, 1.165) is 88.9 Å². The highest BCUT2D eigenvalue weighted by Crippen LogP contribution is 2.18. The lowest BCUT2D eigenvalue weighted by Gasteiger charge is -2.48. The van der Waals surface area contributed by atoms with Crippen molar-refractivity contribution in [3.05, 3.63) is 0 Å². The lowest BCUT2D eigenvalue weighted by Crippen LogP contribution is -2.69. The minimum Gasteiger partial charge on any atom is -0.377 e. The summed E-state index contributed by atoms with van der Waals surface area (Å²) in [6, 6.07) is 0. The topological polar surface area (TPSA) is 55.5 Å². The molecule has 146 valence electrons. The van der Waals surface area contributed by atoms with Gasteiger partial charge in [-0.1, -0.05) is 0 Å². The molecular weight excluding hydrogens is 372 g/mol. The van der Waals surface area contributed by atoms with Crippen LogP contribution < -0.4 is 10.6 Å². The van der Waals surface area contributed by atoms with Crippen molar-refractivity contribution in [1.82, 2.24) is 30.5 Å². The quantitative estimate of drug-likeness (QED) is 0.620. The number of hydrogen-bond donors (Lipinski definition) is 2. The standard InChI is InChI=1S/C16H28N6O2S2/c25-15-17-9-19(7-13-3-1-5-23-13)11-21(15)22-12-20(10-18-16(22)26)8-14-4-2-6-24-14/h13-14H,1-12H2,(H,17,25)(H,18,26)/t13-,14+. The van der Waals surface area contributed by atoms with Crippen LogP contribution in [0.5, 0.6) is 0 Å². The van der Waals surface area contributed by atoms with E-state index >= 15 is 0 Å². The highest BCUT2D eigenvalue weighted by atomic mass is 32.1. The highest BCUT2D eigenvalue weighted by molar-refractivity contribution is 7.80. The van der Waals surface area contributed by atoms with Gasteiger partial charge in [0.2, 0.25) is 0 Å². The molecule has 2 N–H and O–H groups in total. The predicted molar refractivity (Wildman–Crippen MR) is 106 cm³/mol.